The van der Waals surface area contributed by atoms with Gasteiger partial charge in [-0.3, -0.25) is 10.1 Å². The number of nitrogens with two attached hydrogens (primary N) is 1. The minimum absolute atomic E-state index is 0.177. The van der Waals surface area contributed by atoms with Gasteiger partial charge in [0.1, 0.15) is 6.26 Å². The third-order valence-corrected chi connectivity index (χ3v) is 1.65. The van der Waals surface area contributed by atoms with Gasteiger partial charge in [0.25, 0.3) is 0 Å². The number of nitrogens with zero attached hydrogens (tertiary/aromatic N) is 1. The lowest BCUT2D eigenvalue weighted by atomic mass is 10.2. The molecule has 3 N–H and O–H groups in total. The van der Waals surface area contributed by atoms with Gasteiger partial charge >= 0.3 is 6.01 Å². The molecule has 0 aliphatic carbocycles. The highest BCUT2D eigenvalue weighted by Gasteiger charge is 2.12. The minimum atomic E-state index is -0.229. The molecule has 13 heavy (non-hydrogen) atoms. The zero-order valence-corrected chi connectivity index (χ0v) is 7.70. The Hall–Kier alpha value is -1.36. The molecule has 0 aromatic carbocycles. The van der Waals surface area contributed by atoms with Gasteiger partial charge in [-0.2, -0.15) is 4.98 Å². The first kappa shape index (κ1) is 9.73. The van der Waals surface area contributed by atoms with Crippen molar-refractivity contribution in [2.45, 2.75) is 13.8 Å². The lowest BCUT2D eigenvalue weighted by Crippen LogP contribution is -2.26. The van der Waals surface area contributed by atoms with Gasteiger partial charge < -0.3 is 10.2 Å². The second-order valence-electron chi connectivity index (χ2n) is 2.92. The van der Waals surface area contributed by atoms with E-state index < -0.39 is 0 Å². The average molecular weight is 183 g/mol. The van der Waals surface area contributed by atoms with Gasteiger partial charge in [0.05, 0.1) is 5.69 Å². The molecular weight excluding hydrogens is 170 g/mol. The van der Waals surface area contributed by atoms with E-state index in [1.807, 2.05) is 0 Å². The van der Waals surface area contributed by atoms with E-state index in [0.29, 0.717) is 6.54 Å². The van der Waals surface area contributed by atoms with Gasteiger partial charge in [-0.05, 0) is 6.92 Å². The molecule has 0 saturated heterocycles. The number of nitrogens with one attached hydrogen (secondary N) is 1. The third kappa shape index (κ3) is 2.55. The summed E-state index contributed by atoms with van der Waals surface area (Å²) in [6, 6.07) is 0.225. The van der Waals surface area contributed by atoms with E-state index in [1.165, 1.54) is 6.26 Å². The Morgan fingerprint density at radius 2 is 2.54 bits per heavy atom. The van der Waals surface area contributed by atoms with E-state index in [0.717, 1.165) is 5.69 Å². The molecule has 1 amide bonds. The van der Waals surface area contributed by atoms with E-state index >= 15 is 0 Å². The van der Waals surface area contributed by atoms with Crippen molar-refractivity contribution in [2.24, 2.45) is 11.7 Å². The summed E-state index contributed by atoms with van der Waals surface area (Å²) in [5, 5.41) is 2.52. The Kier molecular flexibility index (Phi) is 3.02. The molecule has 0 spiro atoms. The van der Waals surface area contributed by atoms with E-state index in [9.17, 15) is 4.79 Å². The van der Waals surface area contributed by atoms with Crippen molar-refractivity contribution in [1.29, 1.82) is 0 Å². The topological polar surface area (TPSA) is 81.2 Å². The van der Waals surface area contributed by atoms with Crippen LogP contribution in [0.15, 0.2) is 10.7 Å². The highest BCUT2D eigenvalue weighted by atomic mass is 16.4. The maximum atomic E-state index is 11.3. The number of carbonyl (C=O) groups is 1. The SMILES string of the molecule is Cc1coc(NC(=O)C(C)CN)n1. The van der Waals surface area contributed by atoms with Crippen molar-refractivity contribution in [3.05, 3.63) is 12.0 Å². The molecule has 1 aromatic rings. The van der Waals surface area contributed by atoms with Crippen LogP contribution in [0, 0.1) is 12.8 Å². The molecule has 0 saturated carbocycles. The Morgan fingerprint density at radius 1 is 1.85 bits per heavy atom. The number of aromatic nitrogens is 1. The van der Waals surface area contributed by atoms with Gasteiger partial charge in [0, 0.05) is 12.5 Å². The zero-order chi connectivity index (χ0) is 9.84. The van der Waals surface area contributed by atoms with Crippen LogP contribution in [0.2, 0.25) is 0 Å². The Morgan fingerprint density at radius 3 is 3.00 bits per heavy atom. The van der Waals surface area contributed by atoms with Crippen molar-refractivity contribution in [3.63, 3.8) is 0 Å². The zero-order valence-electron chi connectivity index (χ0n) is 7.70. The monoisotopic (exact) mass is 183 g/mol. The molecular formula is C8H13N3O2. The first-order chi connectivity index (χ1) is 6.13. The van der Waals surface area contributed by atoms with E-state index in [-0.39, 0.29) is 17.8 Å². The molecule has 5 nitrogen and oxygen atoms in total. The number of oxazole rings is 1. The third-order valence-electron chi connectivity index (χ3n) is 1.65. The maximum Gasteiger partial charge on any atom is 0.301 e. The number of anilines is 1. The number of carbonyl (C=O) groups excluding carboxylic acids is 1. The van der Waals surface area contributed by atoms with E-state index in [2.05, 4.69) is 10.3 Å². The fraction of sp³-hybridized carbons (Fsp3) is 0.500. The summed E-state index contributed by atoms with van der Waals surface area (Å²) in [4.78, 5) is 15.2. The van der Waals surface area contributed by atoms with Crippen LogP contribution in [-0.4, -0.2) is 17.4 Å². The maximum absolute atomic E-state index is 11.3. The van der Waals surface area contributed by atoms with Crippen LogP contribution >= 0.6 is 0 Å². The summed E-state index contributed by atoms with van der Waals surface area (Å²) in [5.41, 5.74) is 6.05. The van der Waals surface area contributed by atoms with Gasteiger partial charge in [-0.25, -0.2) is 0 Å². The molecule has 0 aliphatic heterocycles. The van der Waals surface area contributed by atoms with Crippen molar-refractivity contribution < 1.29 is 9.21 Å². The smallest absolute Gasteiger partial charge is 0.301 e. The van der Waals surface area contributed by atoms with Crippen molar-refractivity contribution in [2.75, 3.05) is 11.9 Å². The van der Waals surface area contributed by atoms with Crippen LogP contribution < -0.4 is 11.1 Å². The molecule has 0 aliphatic rings. The number of hydrogen-bond donors (Lipinski definition) is 2. The Balaban J connectivity index is 2.54. The van der Waals surface area contributed by atoms with Crippen LogP contribution in [0.25, 0.3) is 0 Å². The number of aryl methyl sites for hydroxylation is 1. The number of rotatable bonds is 3. The van der Waals surface area contributed by atoms with Gasteiger partial charge in [0.2, 0.25) is 5.91 Å². The first-order valence-electron chi connectivity index (χ1n) is 4.06. The summed E-state index contributed by atoms with van der Waals surface area (Å²) in [7, 11) is 0. The predicted octanol–water partition coefficient (Wildman–Crippen LogP) is 0.516. The molecule has 0 radical (unpaired) electrons. The van der Waals surface area contributed by atoms with Gasteiger partial charge in [0.15, 0.2) is 0 Å². The summed E-state index contributed by atoms with van der Waals surface area (Å²) in [5.74, 6) is -0.406. The lowest BCUT2D eigenvalue weighted by molar-refractivity contribution is -0.119. The normalized spacial score (nSPS) is 12.5. The molecule has 1 atom stereocenters. The minimum Gasteiger partial charge on any atom is -0.432 e. The van der Waals surface area contributed by atoms with Crippen LogP contribution in [0.5, 0.6) is 0 Å². The molecule has 1 aromatic heterocycles. The molecule has 1 heterocycles. The Labute approximate surface area is 76.3 Å². The quantitative estimate of drug-likeness (QED) is 0.715. The molecule has 5 heteroatoms. The average Bonchev–Trinajstić information content (AvgIpc) is 2.49. The molecule has 1 rings (SSSR count). The number of amides is 1. The second-order valence-corrected chi connectivity index (χ2v) is 2.92. The van der Waals surface area contributed by atoms with Crippen LogP contribution in [0.3, 0.4) is 0 Å². The van der Waals surface area contributed by atoms with E-state index in [4.69, 9.17) is 10.2 Å². The van der Waals surface area contributed by atoms with Crippen LogP contribution in [0.1, 0.15) is 12.6 Å². The predicted molar refractivity (Wildman–Crippen MR) is 48.1 cm³/mol. The molecule has 1 unspecified atom stereocenters. The van der Waals surface area contributed by atoms with Crippen molar-refractivity contribution in [1.82, 2.24) is 4.98 Å². The van der Waals surface area contributed by atoms with Crippen molar-refractivity contribution >= 4 is 11.9 Å². The summed E-state index contributed by atoms with van der Waals surface area (Å²) in [6.45, 7) is 3.84. The highest BCUT2D eigenvalue weighted by molar-refractivity contribution is 5.90. The molecule has 0 fully saturated rings. The number of hydrogen-bond acceptors (Lipinski definition) is 4. The molecule has 72 valence electrons. The summed E-state index contributed by atoms with van der Waals surface area (Å²) >= 11 is 0. The first-order valence-corrected chi connectivity index (χ1v) is 4.06. The highest BCUT2D eigenvalue weighted by Crippen LogP contribution is 2.07. The summed E-state index contributed by atoms with van der Waals surface area (Å²) in [6.07, 6.45) is 1.47. The van der Waals surface area contributed by atoms with E-state index in [1.54, 1.807) is 13.8 Å². The molecule has 0 bridgehead atoms. The van der Waals surface area contributed by atoms with Crippen LogP contribution in [0.4, 0.5) is 6.01 Å². The summed E-state index contributed by atoms with van der Waals surface area (Å²) < 4.78 is 4.95. The Bertz CT molecular complexity index is 295. The van der Waals surface area contributed by atoms with Gasteiger partial charge in [-0.1, -0.05) is 6.92 Å². The lowest BCUT2D eigenvalue weighted by Gasteiger charge is -2.05. The standard InChI is InChI=1S/C8H13N3O2/c1-5(3-9)7(12)11-8-10-6(2)4-13-8/h4-5H,3,9H2,1-2H3,(H,10,11,12). The second kappa shape index (κ2) is 4.04. The van der Waals surface area contributed by atoms with Crippen LogP contribution in [-0.2, 0) is 4.79 Å². The van der Waals surface area contributed by atoms with Crippen molar-refractivity contribution in [3.8, 4) is 0 Å². The largest absolute Gasteiger partial charge is 0.432 e. The fourth-order valence-electron chi connectivity index (χ4n) is 0.747. The fourth-order valence-corrected chi connectivity index (χ4v) is 0.747. The van der Waals surface area contributed by atoms with Gasteiger partial charge in [-0.15, -0.1) is 0 Å².